The summed E-state index contributed by atoms with van der Waals surface area (Å²) in [5, 5.41) is 3.79. The highest BCUT2D eigenvalue weighted by molar-refractivity contribution is 5.33. The molecule has 0 aliphatic heterocycles. The van der Waals surface area contributed by atoms with Crippen molar-refractivity contribution in [1.82, 2.24) is 5.32 Å². The Balaban J connectivity index is 2.85. The van der Waals surface area contributed by atoms with Crippen molar-refractivity contribution in [2.24, 2.45) is 5.92 Å². The van der Waals surface area contributed by atoms with Gasteiger partial charge in [0, 0.05) is 6.04 Å². The van der Waals surface area contributed by atoms with Gasteiger partial charge in [0.2, 0.25) is 0 Å². The highest BCUT2D eigenvalue weighted by Crippen LogP contribution is 2.29. The van der Waals surface area contributed by atoms with E-state index in [1.54, 1.807) is 0 Å². The summed E-state index contributed by atoms with van der Waals surface area (Å²) in [6.45, 7) is 12.5. The van der Waals surface area contributed by atoms with Crippen LogP contribution in [0.4, 0.5) is 0 Å². The van der Waals surface area contributed by atoms with Crippen molar-refractivity contribution in [3.05, 3.63) is 34.9 Å². The fourth-order valence-corrected chi connectivity index (χ4v) is 3.09. The van der Waals surface area contributed by atoms with E-state index in [4.69, 9.17) is 0 Å². The first-order valence-electron chi connectivity index (χ1n) is 8.92. The Labute approximate surface area is 132 Å². The summed E-state index contributed by atoms with van der Waals surface area (Å²) in [4.78, 5) is 0. The summed E-state index contributed by atoms with van der Waals surface area (Å²) in [5.41, 5.74) is 4.32. The highest BCUT2D eigenvalue weighted by atomic mass is 14.9. The minimum atomic E-state index is 0.520. The van der Waals surface area contributed by atoms with Gasteiger partial charge in [-0.25, -0.2) is 0 Å². The van der Waals surface area contributed by atoms with Gasteiger partial charge in [0.05, 0.1) is 0 Å². The van der Waals surface area contributed by atoms with Gasteiger partial charge in [0.25, 0.3) is 0 Å². The first-order valence-corrected chi connectivity index (χ1v) is 8.92. The fraction of sp³-hybridized carbons (Fsp3) is 0.700. The molecule has 0 saturated carbocycles. The van der Waals surface area contributed by atoms with Gasteiger partial charge >= 0.3 is 0 Å². The van der Waals surface area contributed by atoms with E-state index in [0.717, 1.165) is 12.5 Å². The van der Waals surface area contributed by atoms with Crippen LogP contribution >= 0.6 is 0 Å². The molecule has 1 aromatic rings. The van der Waals surface area contributed by atoms with Gasteiger partial charge < -0.3 is 5.32 Å². The van der Waals surface area contributed by atoms with Crippen LogP contribution in [0.2, 0.25) is 0 Å². The second kappa shape index (κ2) is 10.00. The minimum absolute atomic E-state index is 0.520. The number of hydrogen-bond acceptors (Lipinski definition) is 1. The Kier molecular flexibility index (Phi) is 8.68. The highest BCUT2D eigenvalue weighted by Gasteiger charge is 2.18. The van der Waals surface area contributed by atoms with Crippen molar-refractivity contribution >= 4 is 0 Å². The molecule has 0 bridgehead atoms. The zero-order valence-corrected chi connectivity index (χ0v) is 14.8. The molecule has 0 saturated heterocycles. The van der Waals surface area contributed by atoms with Gasteiger partial charge in [-0.3, -0.25) is 0 Å². The zero-order chi connectivity index (χ0) is 15.7. The molecule has 0 aromatic heterocycles. The lowest BCUT2D eigenvalue weighted by Gasteiger charge is -2.26. The topological polar surface area (TPSA) is 12.0 Å². The van der Waals surface area contributed by atoms with Crippen molar-refractivity contribution in [3.63, 3.8) is 0 Å². The van der Waals surface area contributed by atoms with Crippen molar-refractivity contribution in [2.75, 3.05) is 6.54 Å². The van der Waals surface area contributed by atoms with E-state index in [1.807, 2.05) is 0 Å². The van der Waals surface area contributed by atoms with E-state index in [0.29, 0.717) is 6.04 Å². The second-order valence-electron chi connectivity index (χ2n) is 6.52. The fourth-order valence-electron chi connectivity index (χ4n) is 3.09. The lowest BCUT2D eigenvalue weighted by molar-refractivity contribution is 0.353. The van der Waals surface area contributed by atoms with E-state index in [-0.39, 0.29) is 0 Å². The summed E-state index contributed by atoms with van der Waals surface area (Å²) in [6, 6.07) is 7.41. The second-order valence-corrected chi connectivity index (χ2v) is 6.52. The van der Waals surface area contributed by atoms with Crippen LogP contribution in [0.15, 0.2) is 18.2 Å². The molecule has 0 heterocycles. The van der Waals surface area contributed by atoms with Gasteiger partial charge in [-0.2, -0.15) is 0 Å². The number of nitrogens with one attached hydrogen (secondary N) is 1. The van der Waals surface area contributed by atoms with Crippen LogP contribution in [0.1, 0.15) is 82.0 Å². The molecule has 1 heteroatoms. The van der Waals surface area contributed by atoms with Crippen molar-refractivity contribution < 1.29 is 0 Å². The van der Waals surface area contributed by atoms with Crippen LogP contribution < -0.4 is 5.32 Å². The van der Waals surface area contributed by atoms with E-state index < -0.39 is 0 Å². The maximum atomic E-state index is 3.79. The molecule has 0 aliphatic carbocycles. The summed E-state index contributed by atoms with van der Waals surface area (Å²) in [6.07, 6.45) is 7.84. The Bertz CT molecular complexity index is 397. The van der Waals surface area contributed by atoms with Crippen LogP contribution in [-0.2, 0) is 0 Å². The smallest absolute Gasteiger partial charge is 0.0325 e. The quantitative estimate of drug-likeness (QED) is 0.561. The SMILES string of the molecule is CCCCC(CC)CC(NCCC)c1cc(C)ccc1C. The first kappa shape index (κ1) is 18.2. The molecule has 1 aromatic carbocycles. The lowest BCUT2D eigenvalue weighted by atomic mass is 9.87. The maximum absolute atomic E-state index is 3.79. The van der Waals surface area contributed by atoms with Gasteiger partial charge in [-0.1, -0.05) is 70.2 Å². The Morgan fingerprint density at radius 2 is 1.81 bits per heavy atom. The molecular formula is C20H35N. The van der Waals surface area contributed by atoms with Gasteiger partial charge in [0.15, 0.2) is 0 Å². The minimum Gasteiger partial charge on any atom is -0.310 e. The molecular weight excluding hydrogens is 254 g/mol. The van der Waals surface area contributed by atoms with Crippen LogP contribution in [-0.4, -0.2) is 6.54 Å². The Morgan fingerprint density at radius 1 is 1.05 bits per heavy atom. The molecule has 2 atom stereocenters. The molecule has 0 spiro atoms. The first-order chi connectivity index (χ1) is 10.1. The van der Waals surface area contributed by atoms with Crippen molar-refractivity contribution in [1.29, 1.82) is 0 Å². The number of unbranched alkanes of at least 4 members (excludes halogenated alkanes) is 1. The van der Waals surface area contributed by atoms with Gasteiger partial charge in [-0.05, 0) is 50.3 Å². The molecule has 0 radical (unpaired) electrons. The van der Waals surface area contributed by atoms with Crippen molar-refractivity contribution in [2.45, 2.75) is 79.2 Å². The number of hydrogen-bond donors (Lipinski definition) is 1. The number of aryl methyl sites for hydroxylation is 2. The molecule has 0 fully saturated rings. The van der Waals surface area contributed by atoms with E-state index in [9.17, 15) is 0 Å². The standard InChI is InChI=1S/C20H35N/c1-6-9-10-18(8-3)15-20(21-13-7-2)19-14-16(4)11-12-17(19)5/h11-12,14,18,20-21H,6-10,13,15H2,1-5H3. The predicted octanol–water partition coefficient (Wildman–Crippen LogP) is 5.95. The average molecular weight is 290 g/mol. The third-order valence-electron chi connectivity index (χ3n) is 4.56. The van der Waals surface area contributed by atoms with Crippen LogP contribution in [0.25, 0.3) is 0 Å². The summed E-state index contributed by atoms with van der Waals surface area (Å²) >= 11 is 0. The number of benzene rings is 1. The molecule has 21 heavy (non-hydrogen) atoms. The normalized spacial score (nSPS) is 14.1. The molecule has 1 N–H and O–H groups in total. The lowest BCUT2D eigenvalue weighted by Crippen LogP contribution is -2.25. The van der Waals surface area contributed by atoms with E-state index in [2.05, 4.69) is 58.1 Å². The van der Waals surface area contributed by atoms with Crippen LogP contribution in [0.5, 0.6) is 0 Å². The molecule has 0 amide bonds. The number of rotatable bonds is 10. The largest absolute Gasteiger partial charge is 0.310 e. The van der Waals surface area contributed by atoms with Gasteiger partial charge in [-0.15, -0.1) is 0 Å². The summed E-state index contributed by atoms with van der Waals surface area (Å²) in [5.74, 6) is 0.846. The summed E-state index contributed by atoms with van der Waals surface area (Å²) < 4.78 is 0. The van der Waals surface area contributed by atoms with Gasteiger partial charge in [0.1, 0.15) is 0 Å². The van der Waals surface area contributed by atoms with Crippen LogP contribution in [0.3, 0.4) is 0 Å². The summed E-state index contributed by atoms with van der Waals surface area (Å²) in [7, 11) is 0. The molecule has 0 aliphatic rings. The molecule has 2 unspecified atom stereocenters. The molecule has 1 nitrogen and oxygen atoms in total. The Morgan fingerprint density at radius 3 is 2.43 bits per heavy atom. The predicted molar refractivity (Wildman–Crippen MR) is 94.9 cm³/mol. The molecule has 1 rings (SSSR count). The zero-order valence-electron chi connectivity index (χ0n) is 14.8. The third-order valence-corrected chi connectivity index (χ3v) is 4.56. The van der Waals surface area contributed by atoms with Crippen molar-refractivity contribution in [3.8, 4) is 0 Å². The Hall–Kier alpha value is -0.820. The third kappa shape index (κ3) is 6.22. The molecule has 120 valence electrons. The monoisotopic (exact) mass is 289 g/mol. The van der Waals surface area contributed by atoms with E-state index in [1.165, 1.54) is 55.2 Å². The van der Waals surface area contributed by atoms with Crippen LogP contribution in [0, 0.1) is 19.8 Å². The van der Waals surface area contributed by atoms with E-state index >= 15 is 0 Å². The maximum Gasteiger partial charge on any atom is 0.0325 e. The average Bonchev–Trinajstić information content (AvgIpc) is 2.49.